The molecular formula is C13H18N2O2S. The number of benzene rings is 1. The summed E-state index contributed by atoms with van der Waals surface area (Å²) in [5.41, 5.74) is 1.26. The summed E-state index contributed by atoms with van der Waals surface area (Å²) in [6.07, 6.45) is 0. The summed E-state index contributed by atoms with van der Waals surface area (Å²) in [7, 11) is -3.29. The van der Waals surface area contributed by atoms with Gasteiger partial charge in [-0.1, -0.05) is 25.1 Å². The Balaban J connectivity index is 3.05. The maximum atomic E-state index is 12.1. The lowest BCUT2D eigenvalue weighted by Crippen LogP contribution is -2.35. The van der Waals surface area contributed by atoms with Crippen molar-refractivity contribution in [3.05, 3.63) is 35.4 Å². The molecule has 0 aliphatic carbocycles. The Morgan fingerprint density at radius 1 is 1.33 bits per heavy atom. The molecule has 1 rings (SSSR count). The van der Waals surface area contributed by atoms with E-state index >= 15 is 0 Å². The predicted octanol–water partition coefficient (Wildman–Crippen LogP) is 2.12. The number of rotatable bonds is 5. The molecule has 0 radical (unpaired) electrons. The van der Waals surface area contributed by atoms with Gasteiger partial charge in [0.05, 0.1) is 16.9 Å². The van der Waals surface area contributed by atoms with E-state index in [0.29, 0.717) is 12.1 Å². The Morgan fingerprint density at radius 2 is 1.94 bits per heavy atom. The van der Waals surface area contributed by atoms with Crippen molar-refractivity contribution < 1.29 is 8.42 Å². The Bertz CT molecular complexity index is 544. The standard InChI is InChI=1S/C13H18N2O2S/c1-4-15(18(16,17)11(2)3)10-13-8-6-5-7-12(13)9-14/h5-8,11H,4,10H2,1-3H3. The molecule has 4 nitrogen and oxygen atoms in total. The first-order valence-corrected chi connectivity index (χ1v) is 7.40. The molecule has 0 N–H and O–H groups in total. The predicted molar refractivity (Wildman–Crippen MR) is 71.3 cm³/mol. The minimum atomic E-state index is -3.29. The molecule has 5 heteroatoms. The van der Waals surface area contributed by atoms with Crippen LogP contribution in [-0.2, 0) is 16.6 Å². The summed E-state index contributed by atoms with van der Waals surface area (Å²) in [5.74, 6) is 0. The van der Waals surface area contributed by atoms with Crippen molar-refractivity contribution in [2.45, 2.75) is 32.6 Å². The van der Waals surface area contributed by atoms with Crippen molar-refractivity contribution in [2.24, 2.45) is 0 Å². The van der Waals surface area contributed by atoms with Gasteiger partial charge in [0.1, 0.15) is 0 Å². The van der Waals surface area contributed by atoms with E-state index in [1.54, 1.807) is 39.0 Å². The zero-order valence-corrected chi connectivity index (χ0v) is 11.7. The summed E-state index contributed by atoms with van der Waals surface area (Å²) in [6, 6.07) is 9.16. The highest BCUT2D eigenvalue weighted by molar-refractivity contribution is 7.89. The average Bonchev–Trinajstić information content (AvgIpc) is 2.35. The summed E-state index contributed by atoms with van der Waals surface area (Å²) >= 11 is 0. The van der Waals surface area contributed by atoms with Gasteiger partial charge in [0.25, 0.3) is 0 Å². The molecule has 1 aromatic rings. The maximum absolute atomic E-state index is 12.1. The van der Waals surface area contributed by atoms with Gasteiger partial charge in [-0.25, -0.2) is 8.42 Å². The second kappa shape index (κ2) is 5.98. The van der Waals surface area contributed by atoms with E-state index in [2.05, 4.69) is 6.07 Å². The monoisotopic (exact) mass is 266 g/mol. The van der Waals surface area contributed by atoms with Crippen LogP contribution in [0.5, 0.6) is 0 Å². The van der Waals surface area contributed by atoms with Gasteiger partial charge in [0.2, 0.25) is 10.0 Å². The smallest absolute Gasteiger partial charge is 0.212 e. The number of sulfonamides is 1. The highest BCUT2D eigenvalue weighted by Gasteiger charge is 2.24. The van der Waals surface area contributed by atoms with Crippen molar-refractivity contribution in [3.63, 3.8) is 0 Å². The van der Waals surface area contributed by atoms with Crippen LogP contribution in [0.4, 0.5) is 0 Å². The Morgan fingerprint density at radius 3 is 2.44 bits per heavy atom. The summed E-state index contributed by atoms with van der Waals surface area (Å²) in [5, 5.41) is 8.55. The zero-order valence-electron chi connectivity index (χ0n) is 10.9. The third-order valence-electron chi connectivity index (χ3n) is 2.79. The lowest BCUT2D eigenvalue weighted by Gasteiger charge is -2.23. The molecule has 0 saturated carbocycles. The van der Waals surface area contributed by atoms with Crippen LogP contribution in [0.15, 0.2) is 24.3 Å². The highest BCUT2D eigenvalue weighted by Crippen LogP contribution is 2.16. The number of hydrogen-bond acceptors (Lipinski definition) is 3. The van der Waals surface area contributed by atoms with E-state index in [1.165, 1.54) is 4.31 Å². The largest absolute Gasteiger partial charge is 0.216 e. The van der Waals surface area contributed by atoms with Crippen molar-refractivity contribution >= 4 is 10.0 Å². The second-order valence-corrected chi connectivity index (χ2v) is 6.78. The van der Waals surface area contributed by atoms with Crippen LogP contribution >= 0.6 is 0 Å². The zero-order chi connectivity index (χ0) is 13.8. The van der Waals surface area contributed by atoms with Crippen LogP contribution in [0.25, 0.3) is 0 Å². The van der Waals surface area contributed by atoms with Gasteiger partial charge in [-0.05, 0) is 25.5 Å². The quantitative estimate of drug-likeness (QED) is 0.820. The van der Waals surface area contributed by atoms with Gasteiger partial charge in [-0.3, -0.25) is 0 Å². The number of hydrogen-bond donors (Lipinski definition) is 0. The Labute approximate surface area is 109 Å². The minimum absolute atomic E-state index is 0.251. The maximum Gasteiger partial charge on any atom is 0.216 e. The molecule has 0 fully saturated rings. The van der Waals surface area contributed by atoms with Gasteiger partial charge in [-0.15, -0.1) is 0 Å². The van der Waals surface area contributed by atoms with Gasteiger partial charge >= 0.3 is 0 Å². The van der Waals surface area contributed by atoms with E-state index in [1.807, 2.05) is 6.07 Å². The van der Waals surface area contributed by atoms with Crippen molar-refractivity contribution in [3.8, 4) is 6.07 Å². The van der Waals surface area contributed by atoms with Crippen LogP contribution in [0, 0.1) is 11.3 Å². The number of nitrogens with zero attached hydrogens (tertiary/aromatic N) is 2. The molecule has 0 spiro atoms. The van der Waals surface area contributed by atoms with E-state index in [9.17, 15) is 8.42 Å². The fourth-order valence-corrected chi connectivity index (χ4v) is 2.91. The molecule has 0 atom stereocenters. The van der Waals surface area contributed by atoms with E-state index < -0.39 is 15.3 Å². The van der Waals surface area contributed by atoms with Crippen molar-refractivity contribution in [2.75, 3.05) is 6.54 Å². The molecule has 0 bridgehead atoms. The topological polar surface area (TPSA) is 61.2 Å². The average molecular weight is 266 g/mol. The Hall–Kier alpha value is -1.38. The summed E-state index contributed by atoms with van der Waals surface area (Å²) in [4.78, 5) is 0. The first-order valence-electron chi connectivity index (χ1n) is 5.90. The van der Waals surface area contributed by atoms with Crippen molar-refractivity contribution in [1.29, 1.82) is 5.26 Å². The minimum Gasteiger partial charge on any atom is -0.212 e. The molecule has 0 amide bonds. The SMILES string of the molecule is CCN(Cc1ccccc1C#N)S(=O)(=O)C(C)C. The lowest BCUT2D eigenvalue weighted by atomic mass is 10.1. The van der Waals surface area contributed by atoms with Crippen molar-refractivity contribution in [1.82, 2.24) is 4.31 Å². The van der Waals surface area contributed by atoms with E-state index in [0.717, 1.165) is 5.56 Å². The molecular weight excluding hydrogens is 248 g/mol. The summed E-state index contributed by atoms with van der Waals surface area (Å²) in [6.45, 7) is 5.78. The lowest BCUT2D eigenvalue weighted by molar-refractivity contribution is 0.417. The summed E-state index contributed by atoms with van der Waals surface area (Å²) < 4.78 is 25.6. The first-order chi connectivity index (χ1) is 8.43. The van der Waals surface area contributed by atoms with Gasteiger partial charge in [0.15, 0.2) is 0 Å². The fraction of sp³-hybridized carbons (Fsp3) is 0.462. The molecule has 98 valence electrons. The third-order valence-corrected chi connectivity index (χ3v) is 5.09. The molecule has 0 saturated heterocycles. The van der Waals surface area contributed by atoms with Crippen LogP contribution in [0.1, 0.15) is 31.9 Å². The second-order valence-electron chi connectivity index (χ2n) is 4.29. The van der Waals surface area contributed by atoms with E-state index in [-0.39, 0.29) is 6.54 Å². The fourth-order valence-electron chi connectivity index (χ4n) is 1.64. The molecule has 0 aliphatic heterocycles. The highest BCUT2D eigenvalue weighted by atomic mass is 32.2. The van der Waals surface area contributed by atoms with Gasteiger partial charge in [0, 0.05) is 13.1 Å². The molecule has 0 heterocycles. The van der Waals surface area contributed by atoms with Gasteiger partial charge < -0.3 is 0 Å². The van der Waals surface area contributed by atoms with Crippen LogP contribution in [0.3, 0.4) is 0 Å². The van der Waals surface area contributed by atoms with Crippen LogP contribution < -0.4 is 0 Å². The first kappa shape index (κ1) is 14.7. The molecule has 1 aromatic carbocycles. The normalized spacial score (nSPS) is 11.8. The van der Waals surface area contributed by atoms with E-state index in [4.69, 9.17) is 5.26 Å². The van der Waals surface area contributed by atoms with Crippen LogP contribution in [0.2, 0.25) is 0 Å². The van der Waals surface area contributed by atoms with Crippen LogP contribution in [-0.4, -0.2) is 24.5 Å². The van der Waals surface area contributed by atoms with Gasteiger partial charge in [-0.2, -0.15) is 9.57 Å². The molecule has 0 aliphatic rings. The third kappa shape index (κ3) is 3.09. The Kier molecular flexibility index (Phi) is 4.88. The molecule has 0 aromatic heterocycles. The number of nitriles is 1. The molecule has 18 heavy (non-hydrogen) atoms. The molecule has 0 unspecified atom stereocenters.